The highest BCUT2D eigenvalue weighted by Crippen LogP contribution is 2.30. The van der Waals surface area contributed by atoms with Gasteiger partial charge in [0, 0.05) is 44.6 Å². The van der Waals surface area contributed by atoms with Crippen LogP contribution in [0.3, 0.4) is 0 Å². The molecule has 0 saturated carbocycles. The van der Waals surface area contributed by atoms with Crippen LogP contribution >= 0.6 is 0 Å². The fourth-order valence-electron chi connectivity index (χ4n) is 4.10. The van der Waals surface area contributed by atoms with E-state index in [-0.39, 0.29) is 42.0 Å². The normalized spacial score (nSPS) is 15.3. The molecule has 0 bridgehead atoms. The second kappa shape index (κ2) is 10.6. The number of carbonyl (C=O) groups is 1. The number of piperidine rings is 1. The minimum Gasteiger partial charge on any atom is -0.441 e. The molecule has 3 aromatic rings. The number of aryl methyl sites for hydroxylation is 1. The monoisotopic (exact) mass is 493 g/mol. The number of hydrogen-bond donors (Lipinski definition) is 1. The zero-order valence-corrected chi connectivity index (χ0v) is 18.7. The molecule has 5 nitrogen and oxygen atoms in total. The van der Waals surface area contributed by atoms with E-state index in [0.29, 0.717) is 38.0 Å². The van der Waals surface area contributed by atoms with Crippen LogP contribution in [0.5, 0.6) is 0 Å². The number of alkyl halides is 3. The molecule has 0 atom stereocenters. The average Bonchev–Trinajstić information content (AvgIpc) is 3.27. The zero-order valence-electron chi connectivity index (χ0n) is 18.7. The summed E-state index contributed by atoms with van der Waals surface area (Å²) in [5, 5.41) is 2.97. The lowest BCUT2D eigenvalue weighted by atomic mass is 10.0. The van der Waals surface area contributed by atoms with Gasteiger partial charge in [-0.1, -0.05) is 18.2 Å². The minimum atomic E-state index is -4.36. The van der Waals surface area contributed by atoms with Crippen LogP contribution in [0.2, 0.25) is 0 Å². The van der Waals surface area contributed by atoms with Gasteiger partial charge in [-0.05, 0) is 36.6 Å². The van der Waals surface area contributed by atoms with Crippen LogP contribution in [0.15, 0.2) is 53.1 Å². The third-order valence-corrected chi connectivity index (χ3v) is 5.93. The standard InChI is InChI=1S/C25H24F5N3O2/c26-18-4-5-20(21(27)13-18)22-14-31-24(35-22)7-6-23(34)32-19-8-10-33(11-9-19)15-16-2-1-3-17(12-16)25(28,29)30/h1-5,12-14,19H,6-11,15H2,(H,32,34). The topological polar surface area (TPSA) is 58.4 Å². The van der Waals surface area contributed by atoms with Gasteiger partial charge >= 0.3 is 6.18 Å². The molecule has 1 fully saturated rings. The predicted molar refractivity (Wildman–Crippen MR) is 118 cm³/mol. The Labute approximate surface area is 199 Å². The van der Waals surface area contributed by atoms with Crippen molar-refractivity contribution in [2.24, 2.45) is 0 Å². The van der Waals surface area contributed by atoms with Gasteiger partial charge in [0.15, 0.2) is 11.7 Å². The molecular weight excluding hydrogens is 469 g/mol. The maximum Gasteiger partial charge on any atom is 0.416 e. The Kier molecular flexibility index (Phi) is 7.49. The first-order chi connectivity index (χ1) is 16.7. The van der Waals surface area contributed by atoms with E-state index < -0.39 is 23.4 Å². The number of rotatable bonds is 7. The molecule has 0 spiro atoms. The highest BCUT2D eigenvalue weighted by Gasteiger charge is 2.30. The van der Waals surface area contributed by atoms with Gasteiger partial charge in [0.2, 0.25) is 5.91 Å². The molecule has 0 radical (unpaired) electrons. The Morgan fingerprint density at radius 2 is 1.89 bits per heavy atom. The van der Waals surface area contributed by atoms with Gasteiger partial charge in [-0.3, -0.25) is 9.69 Å². The fourth-order valence-corrected chi connectivity index (χ4v) is 4.10. The largest absolute Gasteiger partial charge is 0.441 e. The molecule has 186 valence electrons. The SMILES string of the molecule is O=C(CCc1ncc(-c2ccc(F)cc2F)o1)NC1CCN(Cc2cccc(C(F)(F)F)c2)CC1. The van der Waals surface area contributed by atoms with Crippen molar-refractivity contribution in [3.8, 4) is 11.3 Å². The second-order valence-electron chi connectivity index (χ2n) is 8.56. The summed E-state index contributed by atoms with van der Waals surface area (Å²) in [7, 11) is 0. The summed E-state index contributed by atoms with van der Waals surface area (Å²) in [4.78, 5) is 18.5. The fraction of sp³-hybridized carbons (Fsp3) is 0.360. The van der Waals surface area contributed by atoms with Gasteiger partial charge in [-0.2, -0.15) is 13.2 Å². The number of benzene rings is 2. The van der Waals surface area contributed by atoms with E-state index in [2.05, 4.69) is 15.2 Å². The summed E-state index contributed by atoms with van der Waals surface area (Å²) >= 11 is 0. The number of nitrogens with zero attached hydrogens (tertiary/aromatic N) is 2. The molecule has 2 heterocycles. The predicted octanol–water partition coefficient (Wildman–Crippen LogP) is 5.35. The van der Waals surface area contributed by atoms with E-state index in [4.69, 9.17) is 4.42 Å². The summed E-state index contributed by atoms with van der Waals surface area (Å²) in [6, 6.07) is 8.46. The van der Waals surface area contributed by atoms with E-state index >= 15 is 0 Å². The number of nitrogens with one attached hydrogen (secondary N) is 1. The first kappa shape index (κ1) is 24.8. The van der Waals surface area contributed by atoms with Crippen molar-refractivity contribution in [2.75, 3.05) is 13.1 Å². The molecule has 0 unspecified atom stereocenters. The summed E-state index contributed by atoms with van der Waals surface area (Å²) in [6.45, 7) is 1.74. The van der Waals surface area contributed by atoms with E-state index in [1.165, 1.54) is 24.4 Å². The summed E-state index contributed by atoms with van der Waals surface area (Å²) in [5.41, 5.74) is 0.0396. The maximum atomic E-state index is 13.9. The van der Waals surface area contributed by atoms with E-state index in [0.717, 1.165) is 18.2 Å². The Morgan fingerprint density at radius 1 is 1.11 bits per heavy atom. The Balaban J connectivity index is 1.21. The maximum absolute atomic E-state index is 13.9. The van der Waals surface area contributed by atoms with Crippen LogP contribution in [0, 0.1) is 11.6 Å². The highest BCUT2D eigenvalue weighted by atomic mass is 19.4. The third-order valence-electron chi connectivity index (χ3n) is 5.93. The molecular formula is C25H24F5N3O2. The Bertz CT molecular complexity index is 1170. The van der Waals surface area contributed by atoms with Crippen molar-refractivity contribution in [1.82, 2.24) is 15.2 Å². The zero-order chi connectivity index (χ0) is 25.0. The minimum absolute atomic E-state index is 0.0197. The van der Waals surface area contributed by atoms with Crippen molar-refractivity contribution < 1.29 is 31.2 Å². The van der Waals surface area contributed by atoms with Crippen molar-refractivity contribution in [3.63, 3.8) is 0 Å². The smallest absolute Gasteiger partial charge is 0.416 e. The number of aromatic nitrogens is 1. The summed E-state index contributed by atoms with van der Waals surface area (Å²) in [6.07, 6.45) is -1.28. The van der Waals surface area contributed by atoms with Crippen LogP contribution in [0.4, 0.5) is 22.0 Å². The van der Waals surface area contributed by atoms with Crippen molar-refractivity contribution in [2.45, 2.75) is 44.4 Å². The van der Waals surface area contributed by atoms with Gasteiger partial charge in [0.1, 0.15) is 11.6 Å². The Morgan fingerprint density at radius 3 is 2.60 bits per heavy atom. The second-order valence-corrected chi connectivity index (χ2v) is 8.56. The van der Waals surface area contributed by atoms with Gasteiger partial charge in [0.05, 0.1) is 17.3 Å². The van der Waals surface area contributed by atoms with E-state index in [1.54, 1.807) is 6.07 Å². The van der Waals surface area contributed by atoms with Crippen LogP contribution < -0.4 is 5.32 Å². The number of halogens is 5. The van der Waals surface area contributed by atoms with E-state index in [9.17, 15) is 26.7 Å². The first-order valence-corrected chi connectivity index (χ1v) is 11.3. The van der Waals surface area contributed by atoms with Crippen LogP contribution in [0.1, 0.15) is 36.3 Å². The van der Waals surface area contributed by atoms with Crippen LogP contribution in [-0.2, 0) is 23.9 Å². The van der Waals surface area contributed by atoms with Crippen LogP contribution in [0.25, 0.3) is 11.3 Å². The van der Waals surface area contributed by atoms with Crippen molar-refractivity contribution >= 4 is 5.91 Å². The molecule has 35 heavy (non-hydrogen) atoms. The van der Waals surface area contributed by atoms with Gasteiger partial charge in [0.25, 0.3) is 0 Å². The molecule has 2 aromatic carbocycles. The average molecular weight is 493 g/mol. The quantitative estimate of drug-likeness (QED) is 0.451. The number of likely N-dealkylation sites (tertiary alicyclic amines) is 1. The number of oxazole rings is 1. The van der Waals surface area contributed by atoms with E-state index in [1.807, 2.05) is 0 Å². The molecule has 1 amide bonds. The summed E-state index contributed by atoms with van der Waals surface area (Å²) < 4.78 is 71.2. The molecule has 0 aliphatic carbocycles. The van der Waals surface area contributed by atoms with Gasteiger partial charge in [-0.25, -0.2) is 13.8 Å². The highest BCUT2D eigenvalue weighted by molar-refractivity contribution is 5.76. The van der Waals surface area contributed by atoms with Crippen molar-refractivity contribution in [1.29, 1.82) is 0 Å². The molecule has 1 aliphatic rings. The molecule has 4 rings (SSSR count). The van der Waals surface area contributed by atoms with Crippen molar-refractivity contribution in [3.05, 3.63) is 77.3 Å². The Hall–Kier alpha value is -3.27. The van der Waals surface area contributed by atoms with Crippen LogP contribution in [-0.4, -0.2) is 34.9 Å². The van der Waals surface area contributed by atoms with Gasteiger partial charge in [-0.15, -0.1) is 0 Å². The molecule has 1 aromatic heterocycles. The molecule has 1 saturated heterocycles. The molecule has 10 heteroatoms. The number of amides is 1. The third kappa shape index (κ3) is 6.66. The lowest BCUT2D eigenvalue weighted by molar-refractivity contribution is -0.137. The number of hydrogen-bond acceptors (Lipinski definition) is 4. The summed E-state index contributed by atoms with van der Waals surface area (Å²) in [5.74, 6) is -1.19. The lowest BCUT2D eigenvalue weighted by Crippen LogP contribution is -2.44. The van der Waals surface area contributed by atoms with Gasteiger partial charge < -0.3 is 9.73 Å². The molecule has 1 aliphatic heterocycles. The molecule has 1 N–H and O–H groups in total. The number of carbonyl (C=O) groups excluding carboxylic acids is 1. The lowest BCUT2D eigenvalue weighted by Gasteiger charge is -2.32. The first-order valence-electron chi connectivity index (χ1n) is 11.3.